The van der Waals surface area contributed by atoms with Crippen LogP contribution in [0.5, 0.6) is 11.5 Å². The summed E-state index contributed by atoms with van der Waals surface area (Å²) >= 11 is 0. The number of rotatable bonds is 6. The van der Waals surface area contributed by atoms with Crippen LogP contribution in [0.3, 0.4) is 0 Å². The molecule has 0 aliphatic rings. The summed E-state index contributed by atoms with van der Waals surface area (Å²) in [5.41, 5.74) is 4.22. The van der Waals surface area contributed by atoms with E-state index < -0.39 is 0 Å². The van der Waals surface area contributed by atoms with E-state index in [9.17, 15) is 4.79 Å². The third kappa shape index (κ3) is 3.58. The van der Waals surface area contributed by atoms with Crippen molar-refractivity contribution in [1.82, 2.24) is 19.8 Å². The number of ether oxygens (including phenoxy) is 2. The van der Waals surface area contributed by atoms with Gasteiger partial charge in [0.05, 0.1) is 19.9 Å². The van der Waals surface area contributed by atoms with Gasteiger partial charge in [-0.05, 0) is 25.8 Å². The molecule has 8 nitrogen and oxygen atoms in total. The quantitative estimate of drug-likeness (QED) is 0.730. The van der Waals surface area contributed by atoms with Gasteiger partial charge in [0, 0.05) is 35.9 Å². The Kier molecular flexibility index (Phi) is 5.01. The van der Waals surface area contributed by atoms with Gasteiger partial charge in [-0.3, -0.25) is 4.79 Å². The second kappa shape index (κ2) is 7.38. The largest absolute Gasteiger partial charge is 0.497 e. The van der Waals surface area contributed by atoms with E-state index in [1.165, 1.54) is 0 Å². The van der Waals surface area contributed by atoms with E-state index >= 15 is 0 Å². The fourth-order valence-electron chi connectivity index (χ4n) is 2.89. The van der Waals surface area contributed by atoms with Crippen LogP contribution in [0.4, 0.5) is 5.69 Å². The Hall–Kier alpha value is -3.16. The first-order valence-corrected chi connectivity index (χ1v) is 8.21. The molecule has 1 aromatic carbocycles. The molecule has 0 saturated carbocycles. The van der Waals surface area contributed by atoms with Crippen molar-refractivity contribution in [1.29, 1.82) is 0 Å². The lowest BCUT2D eigenvalue weighted by Crippen LogP contribution is -2.14. The van der Waals surface area contributed by atoms with E-state index in [0.29, 0.717) is 35.7 Å². The van der Waals surface area contributed by atoms with Crippen molar-refractivity contribution in [2.45, 2.75) is 26.7 Å². The van der Waals surface area contributed by atoms with Gasteiger partial charge in [-0.1, -0.05) is 0 Å². The normalized spacial score (nSPS) is 10.8. The number of carbonyl (C=O) groups excluding carboxylic acids is 1. The van der Waals surface area contributed by atoms with Crippen molar-refractivity contribution in [3.05, 3.63) is 41.3 Å². The van der Waals surface area contributed by atoms with Gasteiger partial charge >= 0.3 is 0 Å². The summed E-state index contributed by atoms with van der Waals surface area (Å²) in [4.78, 5) is 12.4. The summed E-state index contributed by atoms with van der Waals surface area (Å²) in [6.07, 6.45) is 2.47. The van der Waals surface area contributed by atoms with Crippen molar-refractivity contribution in [3.8, 4) is 11.5 Å². The standard InChI is InChI=1S/C18H21N5O3/c1-11-16(12(2)22-23-10-19-21-18(11)23)5-6-17(24)20-13-7-14(25-3)9-15(8-13)26-4/h7-10H,5-6H2,1-4H3,(H,20,24). The van der Waals surface area contributed by atoms with E-state index in [0.717, 1.165) is 16.8 Å². The fraction of sp³-hybridized carbons (Fsp3) is 0.333. The highest BCUT2D eigenvalue weighted by atomic mass is 16.5. The summed E-state index contributed by atoms with van der Waals surface area (Å²) in [7, 11) is 3.14. The molecule has 0 radical (unpaired) electrons. The Bertz CT molecular complexity index is 929. The topological polar surface area (TPSA) is 90.6 Å². The van der Waals surface area contributed by atoms with Crippen LogP contribution >= 0.6 is 0 Å². The van der Waals surface area contributed by atoms with Gasteiger partial charge in [0.2, 0.25) is 5.91 Å². The molecule has 8 heteroatoms. The van der Waals surface area contributed by atoms with Crippen LogP contribution in [-0.2, 0) is 11.2 Å². The third-order valence-corrected chi connectivity index (χ3v) is 4.25. The molecule has 3 rings (SSSR count). The number of nitrogens with zero attached hydrogens (tertiary/aromatic N) is 4. The molecular weight excluding hydrogens is 334 g/mol. The van der Waals surface area contributed by atoms with Gasteiger partial charge in [0.15, 0.2) is 5.65 Å². The molecule has 26 heavy (non-hydrogen) atoms. The minimum atomic E-state index is -0.0968. The van der Waals surface area contributed by atoms with Gasteiger partial charge in [-0.2, -0.15) is 5.10 Å². The van der Waals surface area contributed by atoms with Crippen molar-refractivity contribution in [2.24, 2.45) is 0 Å². The van der Waals surface area contributed by atoms with Crippen LogP contribution in [0.1, 0.15) is 23.2 Å². The van der Waals surface area contributed by atoms with Gasteiger partial charge in [0.25, 0.3) is 0 Å². The first-order valence-electron chi connectivity index (χ1n) is 8.21. The number of fused-ring (bicyclic) bond motifs is 1. The highest BCUT2D eigenvalue weighted by Gasteiger charge is 2.13. The number of anilines is 1. The van der Waals surface area contributed by atoms with Crippen molar-refractivity contribution in [3.63, 3.8) is 0 Å². The maximum Gasteiger partial charge on any atom is 0.224 e. The molecule has 0 unspecified atom stereocenters. The molecule has 0 atom stereocenters. The SMILES string of the molecule is COc1cc(NC(=O)CCc2c(C)nn3cnnc3c2C)cc(OC)c1. The first kappa shape index (κ1) is 17.7. The smallest absolute Gasteiger partial charge is 0.224 e. The van der Waals surface area contributed by atoms with Gasteiger partial charge in [-0.25, -0.2) is 4.52 Å². The zero-order valence-electron chi connectivity index (χ0n) is 15.2. The second-order valence-electron chi connectivity index (χ2n) is 5.94. The van der Waals surface area contributed by atoms with E-state index in [-0.39, 0.29) is 5.91 Å². The summed E-state index contributed by atoms with van der Waals surface area (Å²) in [5.74, 6) is 1.14. The number of aryl methyl sites for hydroxylation is 2. The zero-order valence-corrected chi connectivity index (χ0v) is 15.2. The Labute approximate surface area is 151 Å². The van der Waals surface area contributed by atoms with E-state index in [4.69, 9.17) is 9.47 Å². The lowest BCUT2D eigenvalue weighted by molar-refractivity contribution is -0.116. The first-order chi connectivity index (χ1) is 12.5. The molecule has 0 aliphatic heterocycles. The van der Waals surface area contributed by atoms with Crippen LogP contribution in [0, 0.1) is 13.8 Å². The predicted molar refractivity (Wildman–Crippen MR) is 96.8 cm³/mol. The number of aromatic nitrogens is 4. The molecule has 0 spiro atoms. The molecule has 0 bridgehead atoms. The van der Waals surface area contributed by atoms with Crippen LogP contribution in [-0.4, -0.2) is 39.9 Å². The number of nitrogens with one attached hydrogen (secondary N) is 1. The Morgan fingerprint density at radius 2 is 1.85 bits per heavy atom. The fourth-order valence-corrected chi connectivity index (χ4v) is 2.89. The molecule has 1 N–H and O–H groups in total. The van der Waals surface area contributed by atoms with Crippen molar-refractivity contribution >= 4 is 17.2 Å². The minimum Gasteiger partial charge on any atom is -0.497 e. The molecule has 0 aliphatic carbocycles. The molecule has 136 valence electrons. The highest BCUT2D eigenvalue weighted by molar-refractivity contribution is 5.91. The average Bonchev–Trinajstić information content (AvgIpc) is 3.09. The molecule has 3 aromatic rings. The molecule has 2 aromatic heterocycles. The van der Waals surface area contributed by atoms with Gasteiger partial charge in [0.1, 0.15) is 17.8 Å². The number of hydrogen-bond donors (Lipinski definition) is 1. The number of hydrogen-bond acceptors (Lipinski definition) is 6. The Morgan fingerprint density at radius 3 is 2.50 bits per heavy atom. The average molecular weight is 355 g/mol. The molecule has 1 amide bonds. The summed E-state index contributed by atoms with van der Waals surface area (Å²) in [6, 6.07) is 5.25. The molecule has 0 fully saturated rings. The van der Waals surface area contributed by atoms with Gasteiger partial charge in [-0.15, -0.1) is 10.2 Å². The van der Waals surface area contributed by atoms with Crippen LogP contribution < -0.4 is 14.8 Å². The second-order valence-corrected chi connectivity index (χ2v) is 5.94. The van der Waals surface area contributed by atoms with Crippen molar-refractivity contribution in [2.75, 3.05) is 19.5 Å². The molecule has 2 heterocycles. The number of carbonyl (C=O) groups is 1. The summed E-state index contributed by atoms with van der Waals surface area (Å²) < 4.78 is 12.1. The van der Waals surface area contributed by atoms with Crippen LogP contribution in [0.15, 0.2) is 24.5 Å². The minimum absolute atomic E-state index is 0.0968. The predicted octanol–water partition coefficient (Wildman–Crippen LogP) is 2.33. The van der Waals surface area contributed by atoms with Gasteiger partial charge < -0.3 is 14.8 Å². The van der Waals surface area contributed by atoms with E-state index in [1.54, 1.807) is 43.3 Å². The third-order valence-electron chi connectivity index (χ3n) is 4.25. The lowest BCUT2D eigenvalue weighted by Gasteiger charge is -2.11. The van der Waals surface area contributed by atoms with Crippen molar-refractivity contribution < 1.29 is 14.3 Å². The number of methoxy groups -OCH3 is 2. The monoisotopic (exact) mass is 355 g/mol. The van der Waals surface area contributed by atoms with Crippen LogP contribution in [0.25, 0.3) is 5.65 Å². The maximum absolute atomic E-state index is 12.4. The zero-order chi connectivity index (χ0) is 18.7. The van der Waals surface area contributed by atoms with E-state index in [1.807, 2.05) is 13.8 Å². The Morgan fingerprint density at radius 1 is 1.15 bits per heavy atom. The summed E-state index contributed by atoms with van der Waals surface area (Å²) in [5, 5.41) is 15.3. The number of benzene rings is 1. The molecular formula is C18H21N5O3. The number of amides is 1. The lowest BCUT2D eigenvalue weighted by atomic mass is 10.0. The molecule has 0 saturated heterocycles. The summed E-state index contributed by atoms with van der Waals surface area (Å²) in [6.45, 7) is 3.89. The maximum atomic E-state index is 12.4. The Balaban J connectivity index is 1.72. The van der Waals surface area contributed by atoms with Crippen LogP contribution in [0.2, 0.25) is 0 Å². The van der Waals surface area contributed by atoms with E-state index in [2.05, 4.69) is 20.6 Å². The highest BCUT2D eigenvalue weighted by Crippen LogP contribution is 2.26.